The van der Waals surface area contributed by atoms with Crippen LogP contribution < -0.4 is 0 Å². The molecule has 2 atom stereocenters. The molecule has 3 heterocycles. The van der Waals surface area contributed by atoms with Gasteiger partial charge in [0.2, 0.25) is 5.89 Å². The normalized spacial score (nSPS) is 25.5. The van der Waals surface area contributed by atoms with Crippen LogP contribution in [0, 0.1) is 6.92 Å². The number of rotatable bonds is 3. The van der Waals surface area contributed by atoms with Crippen LogP contribution in [-0.2, 0) is 24.1 Å². The van der Waals surface area contributed by atoms with Gasteiger partial charge in [-0.15, -0.1) is 0 Å². The van der Waals surface area contributed by atoms with Crippen molar-refractivity contribution in [2.75, 3.05) is 13.2 Å². The third kappa shape index (κ3) is 2.79. The Morgan fingerprint density at radius 2 is 2.04 bits per heavy atom. The number of aromatic nitrogens is 3. The van der Waals surface area contributed by atoms with Crippen LogP contribution in [-0.4, -0.2) is 39.5 Å². The maximum Gasteiger partial charge on any atom is 0.246 e. The summed E-state index contributed by atoms with van der Waals surface area (Å²) >= 11 is 0. The lowest BCUT2D eigenvalue weighted by molar-refractivity contribution is -0.0769. The SMILES string of the molecule is Cc1noc([C@@H]2[C@@H](C)OCCN2Cc2noc3c2CCCC3)n1. The lowest BCUT2D eigenvalue weighted by atomic mass is 9.96. The molecule has 23 heavy (non-hydrogen) atoms. The highest BCUT2D eigenvalue weighted by Crippen LogP contribution is 2.32. The monoisotopic (exact) mass is 318 g/mol. The van der Waals surface area contributed by atoms with Crippen molar-refractivity contribution in [2.45, 2.75) is 58.2 Å². The van der Waals surface area contributed by atoms with E-state index in [0.29, 0.717) is 18.3 Å². The van der Waals surface area contributed by atoms with Gasteiger partial charge in [-0.05, 0) is 33.1 Å². The second-order valence-electron chi connectivity index (χ2n) is 6.41. The van der Waals surface area contributed by atoms with Gasteiger partial charge in [0.05, 0.1) is 12.7 Å². The quantitative estimate of drug-likeness (QED) is 0.858. The molecular weight excluding hydrogens is 296 g/mol. The first kappa shape index (κ1) is 14.8. The van der Waals surface area contributed by atoms with Gasteiger partial charge in [0.1, 0.15) is 17.5 Å². The highest BCUT2D eigenvalue weighted by Gasteiger charge is 2.36. The van der Waals surface area contributed by atoms with Crippen LogP contribution in [0.1, 0.15) is 54.5 Å². The van der Waals surface area contributed by atoms with E-state index in [0.717, 1.165) is 37.4 Å². The average Bonchev–Trinajstić information content (AvgIpc) is 3.15. The molecule has 0 amide bonds. The first-order chi connectivity index (χ1) is 11.2. The molecule has 0 aromatic carbocycles. The first-order valence-corrected chi connectivity index (χ1v) is 8.34. The highest BCUT2D eigenvalue weighted by atomic mass is 16.5. The van der Waals surface area contributed by atoms with Gasteiger partial charge in [0.25, 0.3) is 0 Å². The van der Waals surface area contributed by atoms with E-state index >= 15 is 0 Å². The van der Waals surface area contributed by atoms with Crippen LogP contribution in [0.5, 0.6) is 0 Å². The zero-order chi connectivity index (χ0) is 15.8. The van der Waals surface area contributed by atoms with Gasteiger partial charge in [0.15, 0.2) is 5.82 Å². The number of nitrogens with zero attached hydrogens (tertiary/aromatic N) is 4. The number of hydrogen-bond acceptors (Lipinski definition) is 7. The van der Waals surface area contributed by atoms with Crippen LogP contribution in [0.3, 0.4) is 0 Å². The molecule has 0 radical (unpaired) electrons. The topological polar surface area (TPSA) is 77.4 Å². The van der Waals surface area contributed by atoms with E-state index in [1.807, 2.05) is 6.92 Å². The zero-order valence-corrected chi connectivity index (χ0v) is 13.6. The van der Waals surface area contributed by atoms with E-state index in [1.54, 1.807) is 0 Å². The Morgan fingerprint density at radius 1 is 1.17 bits per heavy atom. The molecule has 4 rings (SSSR count). The number of morpholine rings is 1. The van der Waals surface area contributed by atoms with Crippen molar-refractivity contribution in [1.29, 1.82) is 0 Å². The molecule has 7 nitrogen and oxygen atoms in total. The van der Waals surface area contributed by atoms with Gasteiger partial charge in [0, 0.05) is 25.1 Å². The summed E-state index contributed by atoms with van der Waals surface area (Å²) in [5.74, 6) is 2.33. The van der Waals surface area contributed by atoms with Crippen LogP contribution in [0.4, 0.5) is 0 Å². The van der Waals surface area contributed by atoms with Crippen LogP contribution in [0.2, 0.25) is 0 Å². The molecule has 124 valence electrons. The zero-order valence-electron chi connectivity index (χ0n) is 13.6. The fourth-order valence-electron chi connectivity index (χ4n) is 3.62. The van der Waals surface area contributed by atoms with E-state index in [9.17, 15) is 0 Å². The third-order valence-electron chi connectivity index (χ3n) is 4.78. The summed E-state index contributed by atoms with van der Waals surface area (Å²) in [6, 6.07) is -0.0408. The molecule has 0 spiro atoms. The summed E-state index contributed by atoms with van der Waals surface area (Å²) in [6.45, 7) is 6.13. The molecule has 1 aliphatic heterocycles. The summed E-state index contributed by atoms with van der Waals surface area (Å²) < 4.78 is 16.8. The maximum absolute atomic E-state index is 5.80. The van der Waals surface area contributed by atoms with Crippen LogP contribution in [0.25, 0.3) is 0 Å². The number of fused-ring (bicyclic) bond motifs is 1. The minimum atomic E-state index is -0.0408. The second-order valence-corrected chi connectivity index (χ2v) is 6.41. The van der Waals surface area contributed by atoms with Gasteiger partial charge in [-0.3, -0.25) is 4.90 Å². The minimum Gasteiger partial charge on any atom is -0.375 e. The molecule has 1 fully saturated rings. The molecule has 2 aromatic heterocycles. The number of aryl methyl sites for hydroxylation is 2. The summed E-state index contributed by atoms with van der Waals surface area (Å²) in [5.41, 5.74) is 2.35. The van der Waals surface area contributed by atoms with E-state index in [4.69, 9.17) is 13.8 Å². The smallest absolute Gasteiger partial charge is 0.246 e. The standard InChI is InChI=1S/C16H22N4O3/c1-10-15(16-17-11(2)18-23-16)20(7-8-21-10)9-13-12-5-3-4-6-14(12)22-19-13/h10,15H,3-9H2,1-2H3/t10-,15+/m1/s1. The molecule has 7 heteroatoms. The molecular formula is C16H22N4O3. The van der Waals surface area contributed by atoms with E-state index < -0.39 is 0 Å². The number of hydrogen-bond donors (Lipinski definition) is 0. The van der Waals surface area contributed by atoms with E-state index in [-0.39, 0.29) is 12.1 Å². The van der Waals surface area contributed by atoms with Crippen molar-refractivity contribution in [3.8, 4) is 0 Å². The summed E-state index contributed by atoms with van der Waals surface area (Å²) in [4.78, 5) is 6.72. The van der Waals surface area contributed by atoms with Crippen LogP contribution >= 0.6 is 0 Å². The van der Waals surface area contributed by atoms with Gasteiger partial charge in [-0.25, -0.2) is 0 Å². The molecule has 1 saturated heterocycles. The van der Waals surface area contributed by atoms with Crippen molar-refractivity contribution in [3.63, 3.8) is 0 Å². The number of ether oxygens (including phenoxy) is 1. The van der Waals surface area contributed by atoms with Crippen LogP contribution in [0.15, 0.2) is 9.05 Å². The Kier molecular flexibility index (Phi) is 3.90. The van der Waals surface area contributed by atoms with Crippen molar-refractivity contribution in [3.05, 3.63) is 28.7 Å². The lowest BCUT2D eigenvalue weighted by Crippen LogP contribution is -2.44. The van der Waals surface area contributed by atoms with Crippen molar-refractivity contribution in [1.82, 2.24) is 20.2 Å². The molecule has 0 unspecified atom stereocenters. The second kappa shape index (κ2) is 6.05. The van der Waals surface area contributed by atoms with Gasteiger partial charge >= 0.3 is 0 Å². The Labute approximate surface area is 135 Å². The lowest BCUT2D eigenvalue weighted by Gasteiger charge is -2.37. The fourth-order valence-corrected chi connectivity index (χ4v) is 3.62. The van der Waals surface area contributed by atoms with Crippen molar-refractivity contribution < 1.29 is 13.8 Å². The van der Waals surface area contributed by atoms with E-state index in [2.05, 4.69) is 27.1 Å². The Bertz CT molecular complexity index is 681. The molecule has 1 aliphatic carbocycles. The summed E-state index contributed by atoms with van der Waals surface area (Å²) in [7, 11) is 0. The third-order valence-corrected chi connectivity index (χ3v) is 4.78. The highest BCUT2D eigenvalue weighted by molar-refractivity contribution is 5.25. The molecule has 2 aliphatic rings. The predicted octanol–water partition coefficient (Wildman–Crippen LogP) is 2.21. The Balaban J connectivity index is 1.59. The predicted molar refractivity (Wildman–Crippen MR) is 80.7 cm³/mol. The Hall–Kier alpha value is -1.73. The van der Waals surface area contributed by atoms with E-state index in [1.165, 1.54) is 18.4 Å². The minimum absolute atomic E-state index is 0.00586. The molecule has 0 bridgehead atoms. The summed E-state index contributed by atoms with van der Waals surface area (Å²) in [6.07, 6.45) is 4.49. The van der Waals surface area contributed by atoms with Gasteiger partial charge in [-0.2, -0.15) is 4.98 Å². The average molecular weight is 318 g/mol. The Morgan fingerprint density at radius 3 is 2.87 bits per heavy atom. The summed E-state index contributed by atoms with van der Waals surface area (Å²) in [5, 5.41) is 8.25. The first-order valence-electron chi connectivity index (χ1n) is 8.34. The largest absolute Gasteiger partial charge is 0.375 e. The maximum atomic E-state index is 5.80. The van der Waals surface area contributed by atoms with Crippen molar-refractivity contribution >= 4 is 0 Å². The fraction of sp³-hybridized carbons (Fsp3) is 0.688. The molecule has 0 N–H and O–H groups in total. The van der Waals surface area contributed by atoms with Gasteiger partial charge in [-0.1, -0.05) is 10.3 Å². The molecule has 2 aromatic rings. The molecule has 0 saturated carbocycles. The van der Waals surface area contributed by atoms with Crippen molar-refractivity contribution in [2.24, 2.45) is 0 Å². The van der Waals surface area contributed by atoms with Gasteiger partial charge < -0.3 is 13.8 Å².